The zero-order valence-electron chi connectivity index (χ0n) is 16.2. The summed E-state index contributed by atoms with van der Waals surface area (Å²) in [5, 5.41) is 21.9. The fourth-order valence-corrected chi connectivity index (χ4v) is 4.64. The van der Waals surface area contributed by atoms with Gasteiger partial charge in [-0.3, -0.25) is 9.59 Å². The van der Waals surface area contributed by atoms with E-state index in [0.29, 0.717) is 0 Å². The molecule has 9 heteroatoms. The van der Waals surface area contributed by atoms with E-state index >= 15 is 0 Å². The molecule has 1 aromatic rings. The number of ketones is 1. The maximum absolute atomic E-state index is 14.3. The number of aliphatic carboxylic acids is 2. The Morgan fingerprint density at radius 1 is 1.24 bits per heavy atom. The monoisotopic (exact) mass is 407 g/mol. The highest BCUT2D eigenvalue weighted by Crippen LogP contribution is 2.72. The first kappa shape index (κ1) is 20.8. The minimum atomic E-state index is -2.22. The van der Waals surface area contributed by atoms with Crippen molar-refractivity contribution >= 4 is 23.8 Å². The molecule has 4 atom stereocenters. The molecular formula is C20H22FNO7. The fourth-order valence-electron chi connectivity index (χ4n) is 4.64. The largest absolute Gasteiger partial charge is 0.481 e. The van der Waals surface area contributed by atoms with Crippen LogP contribution < -0.4 is 5.32 Å². The van der Waals surface area contributed by atoms with E-state index in [1.165, 1.54) is 24.3 Å². The SMILES string of the molecule is CC(C)(C)OC(=O)N[C@@]1(C(=O)O)CC(=O)[C@@H]2[C@@H](C(=O)O)[C@]21Cc1ccccc1F. The number of Topliss-reactive ketones (excluding diaryl/α,β-unsaturated/α-hetero) is 1. The number of hydrogen-bond donors (Lipinski definition) is 3. The van der Waals surface area contributed by atoms with Crippen molar-refractivity contribution in [2.24, 2.45) is 17.3 Å². The molecule has 0 unspecified atom stereocenters. The van der Waals surface area contributed by atoms with Crippen LogP contribution in [0.4, 0.5) is 9.18 Å². The van der Waals surface area contributed by atoms with Crippen LogP contribution in [0.5, 0.6) is 0 Å². The van der Waals surface area contributed by atoms with E-state index in [1.54, 1.807) is 20.8 Å². The van der Waals surface area contributed by atoms with Crippen molar-refractivity contribution < 1.29 is 38.5 Å². The number of ether oxygens (including phenoxy) is 1. The van der Waals surface area contributed by atoms with Crippen LogP contribution in [0.15, 0.2) is 24.3 Å². The van der Waals surface area contributed by atoms with Crippen molar-refractivity contribution in [3.05, 3.63) is 35.6 Å². The molecule has 2 fully saturated rings. The molecule has 0 bridgehead atoms. The number of alkyl carbamates (subject to hydrolysis) is 1. The third-order valence-corrected chi connectivity index (χ3v) is 5.70. The predicted octanol–water partition coefficient (Wildman–Crippen LogP) is 2.01. The van der Waals surface area contributed by atoms with Crippen LogP contribution in [-0.2, 0) is 25.5 Å². The first-order valence-electron chi connectivity index (χ1n) is 9.09. The maximum Gasteiger partial charge on any atom is 0.408 e. The number of carbonyl (C=O) groups excluding carboxylic acids is 2. The number of benzene rings is 1. The summed E-state index contributed by atoms with van der Waals surface area (Å²) in [5.41, 5.74) is -4.78. The van der Waals surface area contributed by atoms with Gasteiger partial charge in [-0.25, -0.2) is 14.0 Å². The highest BCUT2D eigenvalue weighted by Gasteiger charge is 2.86. The lowest BCUT2D eigenvalue weighted by atomic mass is 9.75. The Labute approximate surface area is 166 Å². The van der Waals surface area contributed by atoms with Crippen LogP contribution in [0.3, 0.4) is 0 Å². The molecule has 3 N–H and O–H groups in total. The molecule has 0 heterocycles. The lowest BCUT2D eigenvalue weighted by molar-refractivity contribution is -0.151. The number of rotatable bonds is 5. The van der Waals surface area contributed by atoms with Crippen LogP contribution in [0, 0.1) is 23.1 Å². The number of nitrogens with one attached hydrogen (secondary N) is 1. The first-order valence-corrected chi connectivity index (χ1v) is 9.09. The molecule has 2 saturated carbocycles. The van der Waals surface area contributed by atoms with Crippen molar-refractivity contribution in [3.63, 3.8) is 0 Å². The fraction of sp³-hybridized carbons (Fsp3) is 0.500. The lowest BCUT2D eigenvalue weighted by Gasteiger charge is -2.36. The van der Waals surface area contributed by atoms with Crippen LogP contribution in [0.2, 0.25) is 0 Å². The van der Waals surface area contributed by atoms with Gasteiger partial charge in [0, 0.05) is 17.8 Å². The lowest BCUT2D eigenvalue weighted by Crippen LogP contribution is -2.62. The zero-order chi connectivity index (χ0) is 21.8. The second-order valence-electron chi connectivity index (χ2n) is 8.58. The normalized spacial score (nSPS) is 30.4. The number of carboxylic acid groups (broad SMARTS) is 2. The topological polar surface area (TPSA) is 130 Å². The number of carbonyl (C=O) groups is 4. The van der Waals surface area contributed by atoms with Crippen LogP contribution in [0.1, 0.15) is 32.8 Å². The van der Waals surface area contributed by atoms with E-state index in [0.717, 1.165) is 0 Å². The Bertz CT molecular complexity index is 902. The Morgan fingerprint density at radius 2 is 1.86 bits per heavy atom. The van der Waals surface area contributed by atoms with E-state index in [4.69, 9.17) is 4.74 Å². The van der Waals surface area contributed by atoms with E-state index in [2.05, 4.69) is 5.32 Å². The number of fused-ring (bicyclic) bond motifs is 1. The number of carboxylic acids is 2. The Balaban J connectivity index is 2.09. The third kappa shape index (κ3) is 3.14. The highest BCUT2D eigenvalue weighted by molar-refractivity contribution is 6.06. The second kappa shape index (κ2) is 6.53. The van der Waals surface area contributed by atoms with E-state index in [-0.39, 0.29) is 12.0 Å². The van der Waals surface area contributed by atoms with E-state index in [1.807, 2.05) is 0 Å². The van der Waals surface area contributed by atoms with Gasteiger partial charge in [-0.15, -0.1) is 0 Å². The number of halogens is 1. The summed E-state index contributed by atoms with van der Waals surface area (Å²) >= 11 is 0. The summed E-state index contributed by atoms with van der Waals surface area (Å²) in [4.78, 5) is 49.2. The van der Waals surface area contributed by atoms with Gasteiger partial charge in [-0.1, -0.05) is 18.2 Å². The van der Waals surface area contributed by atoms with Gasteiger partial charge in [-0.2, -0.15) is 0 Å². The molecule has 2 aliphatic rings. The van der Waals surface area contributed by atoms with Crippen molar-refractivity contribution in [1.29, 1.82) is 0 Å². The van der Waals surface area contributed by atoms with Gasteiger partial charge in [-0.05, 0) is 38.8 Å². The molecule has 0 saturated heterocycles. The molecule has 0 radical (unpaired) electrons. The molecule has 0 aliphatic heterocycles. The number of amides is 1. The molecule has 0 spiro atoms. The highest BCUT2D eigenvalue weighted by atomic mass is 19.1. The standard InChI is InChI=1S/C20H22FNO7/c1-18(2,3)29-17(28)22-20(16(26)27)9-12(23)13-14(15(24)25)19(13,20)8-10-6-4-5-7-11(10)21/h4-7,13-14H,8-9H2,1-3H3,(H,22,28)(H,24,25)(H,26,27)/t13-,14+,19+,20-/m1/s1. The van der Waals surface area contributed by atoms with Gasteiger partial charge >= 0.3 is 18.0 Å². The summed E-state index contributed by atoms with van der Waals surface area (Å²) in [6.45, 7) is 4.73. The number of hydrogen-bond acceptors (Lipinski definition) is 5. The summed E-state index contributed by atoms with van der Waals surface area (Å²) in [6.07, 6.45) is -2.00. The van der Waals surface area contributed by atoms with Crippen LogP contribution >= 0.6 is 0 Å². The second-order valence-corrected chi connectivity index (χ2v) is 8.58. The van der Waals surface area contributed by atoms with Crippen LogP contribution in [0.25, 0.3) is 0 Å². The van der Waals surface area contributed by atoms with Crippen molar-refractivity contribution in [3.8, 4) is 0 Å². The zero-order valence-corrected chi connectivity index (χ0v) is 16.2. The molecular weight excluding hydrogens is 385 g/mol. The van der Waals surface area contributed by atoms with Crippen LogP contribution in [-0.4, -0.2) is 45.2 Å². The molecule has 0 aromatic heterocycles. The average Bonchev–Trinajstić information content (AvgIpc) is 3.18. The molecule has 2 aliphatic carbocycles. The van der Waals surface area contributed by atoms with Crippen molar-refractivity contribution in [1.82, 2.24) is 5.32 Å². The smallest absolute Gasteiger partial charge is 0.408 e. The van der Waals surface area contributed by atoms with Crippen molar-refractivity contribution in [2.75, 3.05) is 0 Å². The quantitative estimate of drug-likeness (QED) is 0.681. The molecule has 29 heavy (non-hydrogen) atoms. The summed E-state index contributed by atoms with van der Waals surface area (Å²) in [6, 6.07) is 5.54. The summed E-state index contributed by atoms with van der Waals surface area (Å²) in [5.74, 6) is -6.64. The van der Waals surface area contributed by atoms with Crippen molar-refractivity contribution in [2.45, 2.75) is 44.8 Å². The minimum Gasteiger partial charge on any atom is -0.481 e. The predicted molar refractivity (Wildman–Crippen MR) is 96.5 cm³/mol. The van der Waals surface area contributed by atoms with Gasteiger partial charge in [0.15, 0.2) is 5.54 Å². The summed E-state index contributed by atoms with van der Waals surface area (Å²) in [7, 11) is 0. The summed E-state index contributed by atoms with van der Waals surface area (Å²) < 4.78 is 19.4. The first-order chi connectivity index (χ1) is 13.4. The van der Waals surface area contributed by atoms with Gasteiger partial charge < -0.3 is 20.3 Å². The molecule has 1 amide bonds. The molecule has 156 valence electrons. The molecule has 1 aromatic carbocycles. The third-order valence-electron chi connectivity index (χ3n) is 5.70. The van der Waals surface area contributed by atoms with Gasteiger partial charge in [0.25, 0.3) is 0 Å². The Hall–Kier alpha value is -2.97. The molecule has 3 rings (SSSR count). The van der Waals surface area contributed by atoms with E-state index in [9.17, 15) is 33.8 Å². The average molecular weight is 407 g/mol. The maximum atomic E-state index is 14.3. The van der Waals surface area contributed by atoms with Gasteiger partial charge in [0.1, 0.15) is 17.2 Å². The Kier molecular flexibility index (Phi) is 4.68. The van der Waals surface area contributed by atoms with Gasteiger partial charge in [0.05, 0.1) is 5.92 Å². The van der Waals surface area contributed by atoms with E-state index < -0.39 is 64.4 Å². The Morgan fingerprint density at radius 3 is 2.34 bits per heavy atom. The van der Waals surface area contributed by atoms with Gasteiger partial charge in [0.2, 0.25) is 0 Å². The minimum absolute atomic E-state index is 0.0764. The molecule has 8 nitrogen and oxygen atoms in total.